The van der Waals surface area contributed by atoms with Crippen molar-refractivity contribution >= 4 is 32.6 Å². The van der Waals surface area contributed by atoms with Gasteiger partial charge in [-0.25, -0.2) is 8.42 Å². The summed E-state index contributed by atoms with van der Waals surface area (Å²) in [5.41, 5.74) is 6.87. The van der Waals surface area contributed by atoms with E-state index in [1.165, 1.54) is 18.0 Å². The summed E-state index contributed by atoms with van der Waals surface area (Å²) in [6.07, 6.45) is 1.24. The van der Waals surface area contributed by atoms with Gasteiger partial charge in [-0.05, 0) is 12.1 Å². The Labute approximate surface area is 117 Å². The first-order valence-corrected chi connectivity index (χ1v) is 9.17. The summed E-state index contributed by atoms with van der Waals surface area (Å²) in [5, 5.41) is 1.04. The van der Waals surface area contributed by atoms with Crippen LogP contribution in [0.4, 0.5) is 0 Å². The number of sulfone groups is 1. The summed E-state index contributed by atoms with van der Waals surface area (Å²) in [4.78, 5) is 0. The Morgan fingerprint density at radius 1 is 1.37 bits per heavy atom. The molecule has 0 saturated heterocycles. The quantitative estimate of drug-likeness (QED) is 0.828. The van der Waals surface area contributed by atoms with Crippen LogP contribution in [0.1, 0.15) is 11.8 Å². The Bertz CT molecular complexity index is 616. The summed E-state index contributed by atoms with van der Waals surface area (Å²) in [6.45, 7) is 0. The Morgan fingerprint density at radius 3 is 2.79 bits per heavy atom. The molecule has 1 aromatic carbocycles. The molecular weight excluding hydrogens is 282 g/mol. The van der Waals surface area contributed by atoms with Gasteiger partial charge in [0.2, 0.25) is 0 Å². The first-order chi connectivity index (χ1) is 8.96. The van der Waals surface area contributed by atoms with Gasteiger partial charge in [0, 0.05) is 23.1 Å². The van der Waals surface area contributed by atoms with E-state index in [2.05, 4.69) is 0 Å². The number of rotatable bonds is 6. The van der Waals surface area contributed by atoms with Gasteiger partial charge in [-0.1, -0.05) is 18.2 Å². The van der Waals surface area contributed by atoms with Crippen LogP contribution in [0.25, 0.3) is 11.0 Å². The lowest BCUT2D eigenvalue weighted by atomic mass is 10.2. The fraction of sp³-hybridized carbons (Fsp3) is 0.385. The first kappa shape index (κ1) is 14.4. The largest absolute Gasteiger partial charge is 0.459 e. The normalized spacial score (nSPS) is 13.8. The van der Waals surface area contributed by atoms with E-state index in [0.29, 0.717) is 11.5 Å². The van der Waals surface area contributed by atoms with Crippen molar-refractivity contribution in [1.29, 1.82) is 0 Å². The Balaban J connectivity index is 1.91. The Morgan fingerprint density at radius 2 is 2.11 bits per heavy atom. The van der Waals surface area contributed by atoms with Gasteiger partial charge in [-0.3, -0.25) is 0 Å². The minimum Gasteiger partial charge on any atom is -0.459 e. The number of hydrogen-bond acceptors (Lipinski definition) is 5. The minimum absolute atomic E-state index is 0.185. The lowest BCUT2D eigenvalue weighted by molar-refractivity contribution is 0.516. The van der Waals surface area contributed by atoms with Crippen molar-refractivity contribution in [2.24, 2.45) is 5.73 Å². The van der Waals surface area contributed by atoms with Crippen molar-refractivity contribution < 1.29 is 12.8 Å². The molecule has 19 heavy (non-hydrogen) atoms. The van der Waals surface area contributed by atoms with Crippen LogP contribution < -0.4 is 5.73 Å². The number of thioether (sulfide) groups is 1. The van der Waals surface area contributed by atoms with Crippen molar-refractivity contribution in [3.05, 3.63) is 36.1 Å². The van der Waals surface area contributed by atoms with E-state index in [1.807, 2.05) is 30.3 Å². The molecule has 0 saturated carbocycles. The van der Waals surface area contributed by atoms with Gasteiger partial charge in [0.25, 0.3) is 0 Å². The maximum Gasteiger partial charge on any atom is 0.148 e. The Hall–Kier alpha value is -0.980. The van der Waals surface area contributed by atoms with Gasteiger partial charge in [0.15, 0.2) is 0 Å². The van der Waals surface area contributed by atoms with Crippen LogP contribution in [-0.4, -0.2) is 31.9 Å². The third-order valence-corrected chi connectivity index (χ3v) is 5.00. The standard InChI is InChI=1S/C13H17NO3S2/c1-19(15,16)7-6-18-9-11(14)13-8-10-4-2-3-5-12(10)17-13/h2-5,8,11H,6-7,9,14H2,1H3. The van der Waals surface area contributed by atoms with Gasteiger partial charge in [-0.15, -0.1) is 0 Å². The van der Waals surface area contributed by atoms with Crippen molar-refractivity contribution in [1.82, 2.24) is 0 Å². The predicted octanol–water partition coefficient (Wildman–Crippen LogP) is 2.21. The maximum atomic E-state index is 11.0. The minimum atomic E-state index is -2.89. The molecule has 0 amide bonds. The van der Waals surface area contributed by atoms with Crippen LogP contribution in [0, 0.1) is 0 Å². The molecule has 2 rings (SSSR count). The number of furan rings is 1. The molecule has 0 aliphatic heterocycles. The lowest BCUT2D eigenvalue weighted by Gasteiger charge is -2.07. The van der Waals surface area contributed by atoms with E-state index in [1.54, 1.807) is 0 Å². The second-order valence-electron chi connectivity index (χ2n) is 4.50. The molecule has 0 aliphatic rings. The van der Waals surface area contributed by atoms with Gasteiger partial charge in [0.1, 0.15) is 21.2 Å². The smallest absolute Gasteiger partial charge is 0.148 e. The fourth-order valence-electron chi connectivity index (χ4n) is 1.69. The van der Waals surface area contributed by atoms with Gasteiger partial charge in [-0.2, -0.15) is 11.8 Å². The molecule has 1 atom stereocenters. The first-order valence-electron chi connectivity index (χ1n) is 5.95. The zero-order valence-corrected chi connectivity index (χ0v) is 12.3. The highest BCUT2D eigenvalue weighted by Crippen LogP contribution is 2.24. The summed E-state index contributed by atoms with van der Waals surface area (Å²) in [6, 6.07) is 9.48. The van der Waals surface area contributed by atoms with Crippen molar-refractivity contribution in [3.8, 4) is 0 Å². The predicted molar refractivity (Wildman–Crippen MR) is 80.2 cm³/mol. The molecule has 0 bridgehead atoms. The van der Waals surface area contributed by atoms with Gasteiger partial charge < -0.3 is 10.2 Å². The summed E-state index contributed by atoms with van der Waals surface area (Å²) in [5.74, 6) is 2.14. The molecule has 0 spiro atoms. The SMILES string of the molecule is CS(=O)(=O)CCSCC(N)c1cc2ccccc2o1. The molecule has 4 nitrogen and oxygen atoms in total. The molecule has 1 unspecified atom stereocenters. The van der Waals surface area contributed by atoms with E-state index in [4.69, 9.17) is 10.2 Å². The van der Waals surface area contributed by atoms with E-state index >= 15 is 0 Å². The van der Waals surface area contributed by atoms with Crippen LogP contribution in [0.2, 0.25) is 0 Å². The molecule has 0 fully saturated rings. The number of benzene rings is 1. The van der Waals surface area contributed by atoms with Gasteiger partial charge in [0.05, 0.1) is 11.8 Å². The van der Waals surface area contributed by atoms with E-state index in [-0.39, 0.29) is 11.8 Å². The summed E-state index contributed by atoms with van der Waals surface area (Å²) in [7, 11) is -2.89. The third-order valence-electron chi connectivity index (χ3n) is 2.71. The molecule has 1 heterocycles. The van der Waals surface area contributed by atoms with E-state index in [9.17, 15) is 8.42 Å². The molecule has 1 aromatic heterocycles. The molecule has 0 aliphatic carbocycles. The maximum absolute atomic E-state index is 11.0. The summed E-state index contributed by atoms with van der Waals surface area (Å²) < 4.78 is 27.7. The molecule has 2 N–H and O–H groups in total. The average Bonchev–Trinajstić information content (AvgIpc) is 2.77. The second kappa shape index (κ2) is 5.98. The van der Waals surface area contributed by atoms with Crippen LogP contribution in [0.3, 0.4) is 0 Å². The monoisotopic (exact) mass is 299 g/mol. The third kappa shape index (κ3) is 4.26. The van der Waals surface area contributed by atoms with Crippen LogP contribution >= 0.6 is 11.8 Å². The number of fused-ring (bicyclic) bond motifs is 1. The summed E-state index contributed by atoms with van der Waals surface area (Å²) >= 11 is 1.53. The molecule has 6 heteroatoms. The molecule has 104 valence electrons. The highest BCUT2D eigenvalue weighted by molar-refractivity contribution is 8.00. The highest BCUT2D eigenvalue weighted by Gasteiger charge is 2.12. The fourth-order valence-corrected chi connectivity index (χ4v) is 3.96. The van der Waals surface area contributed by atoms with Crippen LogP contribution in [0.15, 0.2) is 34.7 Å². The van der Waals surface area contributed by atoms with Gasteiger partial charge >= 0.3 is 0 Å². The zero-order valence-electron chi connectivity index (χ0n) is 10.7. The van der Waals surface area contributed by atoms with Crippen LogP contribution in [0.5, 0.6) is 0 Å². The zero-order chi connectivity index (χ0) is 13.9. The van der Waals surface area contributed by atoms with Crippen LogP contribution in [-0.2, 0) is 9.84 Å². The lowest BCUT2D eigenvalue weighted by Crippen LogP contribution is -2.13. The molecule has 0 radical (unpaired) electrons. The topological polar surface area (TPSA) is 73.3 Å². The molecular formula is C13H17NO3S2. The number of para-hydroxylation sites is 1. The van der Waals surface area contributed by atoms with Crippen molar-refractivity contribution in [2.75, 3.05) is 23.5 Å². The van der Waals surface area contributed by atoms with E-state index < -0.39 is 9.84 Å². The Kier molecular flexibility index (Phi) is 4.54. The average molecular weight is 299 g/mol. The second-order valence-corrected chi connectivity index (χ2v) is 7.91. The van der Waals surface area contributed by atoms with E-state index in [0.717, 1.165) is 16.7 Å². The number of hydrogen-bond donors (Lipinski definition) is 1. The van der Waals surface area contributed by atoms with Crippen molar-refractivity contribution in [2.45, 2.75) is 6.04 Å². The highest BCUT2D eigenvalue weighted by atomic mass is 32.2. The molecule has 2 aromatic rings. The number of nitrogens with two attached hydrogens (primary N) is 1. The van der Waals surface area contributed by atoms with Crippen molar-refractivity contribution in [3.63, 3.8) is 0 Å².